The van der Waals surface area contributed by atoms with E-state index in [9.17, 15) is 13.2 Å². The molecule has 4 rings (SSSR count). The first-order valence-corrected chi connectivity index (χ1v) is 12.1. The third-order valence-electron chi connectivity index (χ3n) is 5.42. The number of nitrogens with zero attached hydrogens (tertiary/aromatic N) is 1. The van der Waals surface area contributed by atoms with E-state index in [-0.39, 0.29) is 17.3 Å². The first kappa shape index (κ1) is 21.9. The van der Waals surface area contributed by atoms with Crippen LogP contribution in [-0.4, -0.2) is 33.5 Å². The second-order valence-electron chi connectivity index (χ2n) is 7.80. The monoisotopic (exact) mass is 450 g/mol. The number of amides is 1. The molecule has 1 atom stereocenters. The van der Waals surface area contributed by atoms with Crippen molar-refractivity contribution < 1.29 is 17.9 Å². The summed E-state index contributed by atoms with van der Waals surface area (Å²) in [7, 11) is -3.85. The molecule has 7 heteroatoms. The highest BCUT2D eigenvalue weighted by molar-refractivity contribution is 7.92. The number of ether oxygens (including phenoxy) is 1. The summed E-state index contributed by atoms with van der Waals surface area (Å²) in [5.74, 6) is 0.0514. The van der Waals surface area contributed by atoms with E-state index in [0.29, 0.717) is 18.0 Å². The molecule has 6 nitrogen and oxygen atoms in total. The number of benzene rings is 3. The summed E-state index contributed by atoms with van der Waals surface area (Å²) >= 11 is 0. The molecule has 0 unspecified atom stereocenters. The highest BCUT2D eigenvalue weighted by atomic mass is 32.2. The molecule has 3 aromatic carbocycles. The van der Waals surface area contributed by atoms with Crippen LogP contribution in [0.15, 0.2) is 83.8 Å². The van der Waals surface area contributed by atoms with Crippen LogP contribution in [0.5, 0.6) is 5.75 Å². The Morgan fingerprint density at radius 2 is 1.69 bits per heavy atom. The molecule has 1 aliphatic rings. The van der Waals surface area contributed by atoms with Crippen molar-refractivity contribution >= 4 is 21.6 Å². The molecule has 0 spiro atoms. The Kier molecular flexibility index (Phi) is 6.46. The van der Waals surface area contributed by atoms with E-state index in [2.05, 4.69) is 17.4 Å². The van der Waals surface area contributed by atoms with Gasteiger partial charge in [0.2, 0.25) is 0 Å². The van der Waals surface area contributed by atoms with Crippen LogP contribution in [0.25, 0.3) is 0 Å². The molecule has 3 aromatic rings. The topological polar surface area (TPSA) is 75.7 Å². The number of sulfonamides is 1. The van der Waals surface area contributed by atoms with E-state index in [1.807, 2.05) is 25.1 Å². The molecule has 0 saturated carbocycles. The molecule has 1 aliphatic heterocycles. The van der Waals surface area contributed by atoms with E-state index in [1.54, 1.807) is 48.5 Å². The first-order valence-electron chi connectivity index (χ1n) is 10.6. The van der Waals surface area contributed by atoms with Gasteiger partial charge in [0, 0.05) is 6.54 Å². The lowest BCUT2D eigenvalue weighted by molar-refractivity contribution is -0.127. The van der Waals surface area contributed by atoms with Gasteiger partial charge in [-0.2, -0.15) is 0 Å². The second kappa shape index (κ2) is 9.44. The van der Waals surface area contributed by atoms with Crippen LogP contribution < -0.4 is 14.4 Å². The number of carbonyl (C=O) groups excluding carboxylic acids is 1. The lowest BCUT2D eigenvalue weighted by Gasteiger charge is -2.34. The summed E-state index contributed by atoms with van der Waals surface area (Å²) in [5, 5.41) is 2.89. The van der Waals surface area contributed by atoms with Crippen LogP contribution in [0.3, 0.4) is 0 Å². The fourth-order valence-corrected chi connectivity index (χ4v) is 5.14. The van der Waals surface area contributed by atoms with Crippen molar-refractivity contribution in [3.05, 3.63) is 90.0 Å². The lowest BCUT2D eigenvalue weighted by Crippen LogP contribution is -2.50. The van der Waals surface area contributed by atoms with Gasteiger partial charge < -0.3 is 10.1 Å². The maximum atomic E-state index is 13.4. The van der Waals surface area contributed by atoms with E-state index in [4.69, 9.17) is 4.74 Å². The molecule has 166 valence electrons. The fraction of sp³-hybridized carbons (Fsp3) is 0.240. The minimum Gasteiger partial charge on any atom is -0.476 e. The molecule has 0 aromatic heterocycles. The standard InChI is InChI=1S/C25H26N2O4S/c1-19-13-15-21(16-14-19)32(29,30)27-18-24(31-23-12-6-5-11-22(23)27)25(28)26-17-7-10-20-8-3-2-4-9-20/h2-6,8-9,11-16,24H,7,10,17-18H2,1H3,(H,26,28)/t24-/m1/s1. The predicted octanol–water partition coefficient (Wildman–Crippen LogP) is 3.70. The van der Waals surface area contributed by atoms with Gasteiger partial charge in [-0.1, -0.05) is 60.2 Å². The van der Waals surface area contributed by atoms with E-state index in [0.717, 1.165) is 18.4 Å². The molecule has 0 aliphatic carbocycles. The predicted molar refractivity (Wildman–Crippen MR) is 124 cm³/mol. The fourth-order valence-electron chi connectivity index (χ4n) is 3.67. The zero-order valence-corrected chi connectivity index (χ0v) is 18.7. The molecular weight excluding hydrogens is 424 g/mol. The smallest absolute Gasteiger partial charge is 0.264 e. The number of aryl methyl sites for hydroxylation is 2. The summed E-state index contributed by atoms with van der Waals surface area (Å²) in [6, 6.07) is 23.6. The molecule has 1 heterocycles. The number of fused-ring (bicyclic) bond motifs is 1. The Balaban J connectivity index is 1.48. The first-order chi connectivity index (χ1) is 15.4. The highest BCUT2D eigenvalue weighted by Gasteiger charge is 2.37. The number of nitrogens with one attached hydrogen (secondary N) is 1. The number of hydrogen-bond donors (Lipinski definition) is 1. The van der Waals surface area contributed by atoms with Crippen LogP contribution in [0.4, 0.5) is 5.69 Å². The Morgan fingerprint density at radius 1 is 1.00 bits per heavy atom. The van der Waals surface area contributed by atoms with Crippen molar-refractivity contribution in [3.8, 4) is 5.75 Å². The number of hydrogen-bond acceptors (Lipinski definition) is 4. The minimum absolute atomic E-state index is 0.0856. The van der Waals surface area contributed by atoms with Crippen LogP contribution >= 0.6 is 0 Å². The summed E-state index contributed by atoms with van der Waals surface area (Å²) in [5.41, 5.74) is 2.61. The van der Waals surface area contributed by atoms with Crippen LogP contribution in [0.2, 0.25) is 0 Å². The van der Waals surface area contributed by atoms with Gasteiger partial charge in [-0.05, 0) is 49.6 Å². The van der Waals surface area contributed by atoms with E-state index >= 15 is 0 Å². The summed E-state index contributed by atoms with van der Waals surface area (Å²) in [6.07, 6.45) is 0.704. The highest BCUT2D eigenvalue weighted by Crippen LogP contribution is 2.36. The summed E-state index contributed by atoms with van der Waals surface area (Å²) in [4.78, 5) is 13.0. The van der Waals surface area contributed by atoms with Crippen molar-refractivity contribution in [3.63, 3.8) is 0 Å². The normalized spacial score (nSPS) is 15.5. The van der Waals surface area contributed by atoms with Gasteiger partial charge in [0.25, 0.3) is 15.9 Å². The van der Waals surface area contributed by atoms with Gasteiger partial charge in [-0.3, -0.25) is 9.10 Å². The van der Waals surface area contributed by atoms with Gasteiger partial charge in [-0.15, -0.1) is 0 Å². The molecule has 1 N–H and O–H groups in total. The zero-order valence-electron chi connectivity index (χ0n) is 17.9. The quantitative estimate of drug-likeness (QED) is 0.557. The summed E-state index contributed by atoms with van der Waals surface area (Å²) < 4.78 is 33.9. The van der Waals surface area contributed by atoms with E-state index in [1.165, 1.54) is 9.87 Å². The summed E-state index contributed by atoms with van der Waals surface area (Å²) in [6.45, 7) is 2.30. The van der Waals surface area contributed by atoms with Crippen LogP contribution in [0.1, 0.15) is 17.5 Å². The lowest BCUT2D eigenvalue weighted by atomic mass is 10.1. The molecule has 0 fully saturated rings. The number of carbonyl (C=O) groups is 1. The third kappa shape index (κ3) is 4.78. The van der Waals surface area contributed by atoms with E-state index < -0.39 is 16.1 Å². The Labute approximate surface area is 188 Å². The maximum absolute atomic E-state index is 13.4. The molecule has 0 radical (unpaired) electrons. The largest absolute Gasteiger partial charge is 0.476 e. The molecular formula is C25H26N2O4S. The average Bonchev–Trinajstić information content (AvgIpc) is 2.82. The molecule has 1 amide bonds. The van der Waals surface area contributed by atoms with Crippen molar-refractivity contribution in [1.82, 2.24) is 5.32 Å². The Hall–Kier alpha value is -3.32. The van der Waals surface area contributed by atoms with Gasteiger partial charge in [0.05, 0.1) is 17.1 Å². The van der Waals surface area contributed by atoms with Crippen molar-refractivity contribution in [1.29, 1.82) is 0 Å². The van der Waals surface area contributed by atoms with Gasteiger partial charge in [-0.25, -0.2) is 8.42 Å². The maximum Gasteiger partial charge on any atom is 0.264 e. The van der Waals surface area contributed by atoms with Crippen LogP contribution in [-0.2, 0) is 21.2 Å². The van der Waals surface area contributed by atoms with Crippen molar-refractivity contribution in [2.75, 3.05) is 17.4 Å². The van der Waals surface area contributed by atoms with Crippen LogP contribution in [0, 0.1) is 6.92 Å². The Bertz CT molecular complexity index is 1180. The number of para-hydroxylation sites is 2. The molecule has 0 bridgehead atoms. The molecule has 32 heavy (non-hydrogen) atoms. The van der Waals surface area contributed by atoms with Crippen molar-refractivity contribution in [2.45, 2.75) is 30.8 Å². The van der Waals surface area contributed by atoms with Gasteiger partial charge in [0.1, 0.15) is 5.75 Å². The number of anilines is 1. The van der Waals surface area contributed by atoms with Gasteiger partial charge >= 0.3 is 0 Å². The SMILES string of the molecule is Cc1ccc(S(=O)(=O)N2C[C@H](C(=O)NCCCc3ccccc3)Oc3ccccc32)cc1. The number of rotatable bonds is 7. The Morgan fingerprint density at radius 3 is 2.44 bits per heavy atom. The third-order valence-corrected chi connectivity index (χ3v) is 7.21. The minimum atomic E-state index is -3.85. The second-order valence-corrected chi connectivity index (χ2v) is 9.67. The average molecular weight is 451 g/mol. The van der Waals surface area contributed by atoms with Gasteiger partial charge in [0.15, 0.2) is 6.10 Å². The van der Waals surface area contributed by atoms with Crippen molar-refractivity contribution in [2.24, 2.45) is 0 Å². The zero-order chi connectivity index (χ0) is 22.6. The molecule has 0 saturated heterocycles.